The zero-order chi connectivity index (χ0) is 28.5. The Morgan fingerprint density at radius 1 is 0.897 bits per heavy atom. The molecule has 2 fully saturated rings. The maximum atomic E-state index is 14.9. The molecule has 0 aromatic heterocycles. The number of thiol groups is 1. The van der Waals surface area contributed by atoms with Crippen LogP contribution in [0.15, 0.2) is 86.1 Å². The van der Waals surface area contributed by atoms with E-state index in [2.05, 4.69) is 32.7 Å². The molecule has 0 radical (unpaired) electrons. The van der Waals surface area contributed by atoms with Crippen LogP contribution < -0.4 is 4.74 Å². The average molecular weight is 549 g/mol. The van der Waals surface area contributed by atoms with Crippen LogP contribution in [0.2, 0.25) is 0 Å². The highest BCUT2D eigenvalue weighted by Gasteiger charge is 2.32. The first-order chi connectivity index (χ1) is 19.1. The number of benzene rings is 3. The first kappa shape index (κ1) is 32.2. The molecule has 39 heavy (non-hydrogen) atoms. The molecule has 3 aromatic carbocycles. The maximum absolute atomic E-state index is 14.9. The van der Waals surface area contributed by atoms with Crippen molar-refractivity contribution in [1.29, 1.82) is 0 Å². The molecular formula is C35H45FO2S. The van der Waals surface area contributed by atoms with Gasteiger partial charge in [0.2, 0.25) is 0 Å². The minimum atomic E-state index is -0.214. The van der Waals surface area contributed by atoms with Gasteiger partial charge in [0.05, 0.1) is 6.26 Å². The Kier molecular flexibility index (Phi) is 15.2. The number of ether oxygens (including phenoxy) is 1. The van der Waals surface area contributed by atoms with Crippen LogP contribution in [0.4, 0.5) is 4.39 Å². The van der Waals surface area contributed by atoms with Crippen molar-refractivity contribution in [3.05, 3.63) is 97.5 Å². The third kappa shape index (κ3) is 11.7. The molecule has 0 bridgehead atoms. The van der Waals surface area contributed by atoms with Crippen LogP contribution >= 0.6 is 12.6 Å². The zero-order valence-corrected chi connectivity index (χ0v) is 24.5. The first-order valence-electron chi connectivity index (χ1n) is 14.1. The van der Waals surface area contributed by atoms with Gasteiger partial charge in [0.15, 0.2) is 0 Å². The number of unbranched alkanes of at least 4 members (excludes halogenated alkanes) is 2. The minimum Gasteiger partial charge on any atom is -0.516 e. The molecule has 4 heteroatoms. The second-order valence-corrected chi connectivity index (χ2v) is 9.78. The van der Waals surface area contributed by atoms with E-state index in [1.165, 1.54) is 51.4 Å². The van der Waals surface area contributed by atoms with Gasteiger partial charge in [-0.2, -0.15) is 12.6 Å². The predicted molar refractivity (Wildman–Crippen MR) is 170 cm³/mol. The van der Waals surface area contributed by atoms with Crippen LogP contribution in [-0.4, -0.2) is 17.5 Å². The van der Waals surface area contributed by atoms with Gasteiger partial charge < -0.3 is 9.84 Å². The third-order valence-electron chi connectivity index (χ3n) is 6.50. The summed E-state index contributed by atoms with van der Waals surface area (Å²) < 4.78 is 21.2. The lowest BCUT2D eigenvalue weighted by Crippen LogP contribution is -2.18. The van der Waals surface area contributed by atoms with E-state index in [1.54, 1.807) is 18.4 Å². The molecule has 0 saturated heterocycles. The van der Waals surface area contributed by atoms with Crippen molar-refractivity contribution in [3.8, 4) is 28.0 Å². The highest BCUT2D eigenvalue weighted by Crippen LogP contribution is 2.37. The number of aliphatic hydroxyl groups is 1. The summed E-state index contributed by atoms with van der Waals surface area (Å²) in [4.78, 5) is 0. The zero-order valence-electron chi connectivity index (χ0n) is 23.6. The summed E-state index contributed by atoms with van der Waals surface area (Å²) >= 11 is 3.53. The van der Waals surface area contributed by atoms with Crippen molar-refractivity contribution in [3.63, 3.8) is 0 Å². The van der Waals surface area contributed by atoms with E-state index in [-0.39, 0.29) is 5.82 Å². The van der Waals surface area contributed by atoms with E-state index in [9.17, 15) is 4.39 Å². The Morgan fingerprint density at radius 2 is 1.46 bits per heavy atom. The van der Waals surface area contributed by atoms with Gasteiger partial charge in [-0.3, -0.25) is 0 Å². The van der Waals surface area contributed by atoms with Crippen molar-refractivity contribution in [1.82, 2.24) is 0 Å². The van der Waals surface area contributed by atoms with Gasteiger partial charge >= 0.3 is 0 Å². The summed E-state index contributed by atoms with van der Waals surface area (Å²) in [7, 11) is 0. The van der Waals surface area contributed by atoms with Crippen molar-refractivity contribution in [2.24, 2.45) is 5.92 Å². The van der Waals surface area contributed by atoms with Crippen LogP contribution in [-0.2, 0) is 0 Å². The summed E-state index contributed by atoms with van der Waals surface area (Å²) in [5.74, 6) is 1.38. The summed E-state index contributed by atoms with van der Waals surface area (Å²) in [6.45, 7) is 8.92. The monoisotopic (exact) mass is 548 g/mol. The number of halogens is 1. The lowest BCUT2D eigenvalue weighted by Gasteiger charge is -2.19. The highest BCUT2D eigenvalue weighted by molar-refractivity contribution is 7.79. The largest absolute Gasteiger partial charge is 0.516 e. The Labute approximate surface area is 241 Å². The first-order valence-corrected chi connectivity index (χ1v) is 15.0. The second-order valence-electron chi connectivity index (χ2n) is 9.78. The molecule has 2 nitrogen and oxygen atoms in total. The van der Waals surface area contributed by atoms with Gasteiger partial charge in [0.25, 0.3) is 0 Å². The fraction of sp³-hybridized carbons (Fsp3) is 0.371. The Bertz CT molecular complexity index is 1100. The molecular weight excluding hydrogens is 503 g/mol. The third-order valence-corrected chi connectivity index (χ3v) is 6.50. The van der Waals surface area contributed by atoms with Gasteiger partial charge in [0, 0.05) is 5.56 Å². The summed E-state index contributed by atoms with van der Waals surface area (Å²) in [6.07, 6.45) is 16.5. The molecule has 2 saturated carbocycles. The molecule has 2 aliphatic rings. The molecule has 210 valence electrons. The number of hydrogen-bond acceptors (Lipinski definition) is 3. The molecule has 1 atom stereocenters. The fourth-order valence-corrected chi connectivity index (χ4v) is 4.08. The van der Waals surface area contributed by atoms with Gasteiger partial charge in [-0.05, 0) is 78.3 Å². The van der Waals surface area contributed by atoms with Gasteiger partial charge in [-0.1, -0.05) is 107 Å². The lowest BCUT2D eigenvalue weighted by molar-refractivity contribution is 0.164. The van der Waals surface area contributed by atoms with E-state index in [1.807, 2.05) is 60.7 Å². The van der Waals surface area contributed by atoms with Crippen LogP contribution in [0, 0.1) is 11.7 Å². The van der Waals surface area contributed by atoms with Crippen molar-refractivity contribution in [2.45, 2.75) is 70.8 Å². The fourth-order valence-electron chi connectivity index (χ4n) is 4.08. The summed E-state index contributed by atoms with van der Waals surface area (Å²) in [5.41, 5.74) is 4.40. The Morgan fingerprint density at radius 3 is 1.95 bits per heavy atom. The van der Waals surface area contributed by atoms with E-state index >= 15 is 0 Å². The number of rotatable bonds is 10. The van der Waals surface area contributed by atoms with Crippen molar-refractivity contribution >= 4 is 18.7 Å². The molecule has 0 spiro atoms. The quantitative estimate of drug-likeness (QED) is 0.150. The molecule has 1 unspecified atom stereocenters. The second kappa shape index (κ2) is 18.3. The van der Waals surface area contributed by atoms with Gasteiger partial charge in [-0.25, -0.2) is 4.39 Å². The van der Waals surface area contributed by atoms with Gasteiger partial charge in [0.1, 0.15) is 17.7 Å². The topological polar surface area (TPSA) is 29.5 Å². The number of hydrogen-bond donors (Lipinski definition) is 2. The van der Waals surface area contributed by atoms with E-state index in [0.717, 1.165) is 40.7 Å². The highest BCUT2D eigenvalue weighted by atomic mass is 32.1. The smallest absolute Gasteiger partial charge is 0.131 e. The minimum absolute atomic E-state index is 0.214. The average Bonchev–Trinajstić information content (AvgIpc) is 3.87. The standard InChI is InChI=1S/C29H31FO.C3H6.C2H4O.CH4S/c1-3-5-6-7-29(24-12-13-24)31-26-17-14-23(15-18-26)27-19-16-25(20-28(27)30)22-10-8-21(4-2)9-11-22;1-2-3-1;1-2-3;1-2/h4,8-11,14-20,24,29H,2-3,5-7,12-13H2,1H3;1-3H2;2-3H,1H2;2H,1H3. The SMILES string of the molecule is C1CC1.C=CO.C=Cc1ccc(-c2ccc(-c3ccc(OC(CCCCC)C4CC4)cc3)c(F)c2)cc1.CS. The van der Waals surface area contributed by atoms with Crippen LogP contribution in [0.1, 0.15) is 70.3 Å². The van der Waals surface area contributed by atoms with Crippen molar-refractivity contribution < 1.29 is 14.2 Å². The molecule has 1 N–H and O–H groups in total. The van der Waals surface area contributed by atoms with E-state index in [0.29, 0.717) is 17.6 Å². The van der Waals surface area contributed by atoms with E-state index in [4.69, 9.17) is 9.84 Å². The van der Waals surface area contributed by atoms with Crippen molar-refractivity contribution in [2.75, 3.05) is 6.26 Å². The Hall–Kier alpha value is -2.98. The summed E-state index contributed by atoms with van der Waals surface area (Å²) in [6, 6.07) is 21.3. The summed E-state index contributed by atoms with van der Waals surface area (Å²) in [5, 5.41) is 7.33. The maximum Gasteiger partial charge on any atom is 0.131 e. The molecule has 0 heterocycles. The lowest BCUT2D eigenvalue weighted by atomic mass is 9.99. The van der Waals surface area contributed by atoms with E-state index < -0.39 is 0 Å². The van der Waals surface area contributed by atoms with Crippen LogP contribution in [0.25, 0.3) is 28.3 Å². The van der Waals surface area contributed by atoms with Gasteiger partial charge in [-0.15, -0.1) is 0 Å². The number of aliphatic hydroxyl groups excluding tert-OH is 1. The molecule has 5 rings (SSSR count). The molecule has 0 amide bonds. The van der Waals surface area contributed by atoms with Crippen LogP contribution in [0.5, 0.6) is 5.75 Å². The predicted octanol–water partition coefficient (Wildman–Crippen LogP) is 10.9. The molecule has 3 aromatic rings. The van der Waals surface area contributed by atoms with Crippen LogP contribution in [0.3, 0.4) is 0 Å². The Balaban J connectivity index is 0.000000589. The molecule has 2 aliphatic carbocycles. The normalized spacial score (nSPS) is 13.6. The molecule has 0 aliphatic heterocycles.